The summed E-state index contributed by atoms with van der Waals surface area (Å²) in [5, 5.41) is 9.49. The minimum atomic E-state index is -0.934. The zero-order valence-electron chi connectivity index (χ0n) is 22.1. The van der Waals surface area contributed by atoms with Crippen LogP contribution in [0.5, 0.6) is 5.75 Å². The molecule has 4 aromatic carbocycles. The van der Waals surface area contributed by atoms with E-state index >= 15 is 0 Å². The first kappa shape index (κ1) is 24.9. The molecule has 1 heterocycles. The van der Waals surface area contributed by atoms with Crippen molar-refractivity contribution in [1.82, 2.24) is 9.55 Å². The molecule has 0 bridgehead atoms. The summed E-state index contributed by atoms with van der Waals surface area (Å²) >= 11 is 0. The highest BCUT2D eigenvalue weighted by Crippen LogP contribution is 2.36. The van der Waals surface area contributed by atoms with Crippen LogP contribution >= 0.6 is 0 Å². The summed E-state index contributed by atoms with van der Waals surface area (Å²) in [6.07, 6.45) is 5.89. The maximum absolute atomic E-state index is 11.6. The number of fused-ring (bicyclic) bond motifs is 1. The Balaban J connectivity index is 1.27. The van der Waals surface area contributed by atoms with Crippen molar-refractivity contribution in [2.75, 3.05) is 0 Å². The first-order valence-corrected chi connectivity index (χ1v) is 13.7. The third-order valence-corrected chi connectivity index (χ3v) is 7.76. The average Bonchev–Trinajstić information content (AvgIpc) is 3.36. The maximum atomic E-state index is 11.6. The van der Waals surface area contributed by atoms with E-state index in [2.05, 4.69) is 66.1 Å². The van der Waals surface area contributed by atoms with Crippen LogP contribution in [-0.2, 0) is 6.61 Å². The molecular formula is C34H32N2O3. The van der Waals surface area contributed by atoms with E-state index in [0.29, 0.717) is 12.6 Å². The summed E-state index contributed by atoms with van der Waals surface area (Å²) in [5.74, 6) is 0.748. The third-order valence-electron chi connectivity index (χ3n) is 7.76. The minimum absolute atomic E-state index is 0.261. The number of nitrogens with zero attached hydrogens (tertiary/aromatic N) is 2. The zero-order chi connectivity index (χ0) is 26.8. The van der Waals surface area contributed by atoms with Crippen molar-refractivity contribution in [2.24, 2.45) is 0 Å². The molecule has 0 amide bonds. The van der Waals surface area contributed by atoms with Crippen molar-refractivity contribution in [3.63, 3.8) is 0 Å². The molecule has 0 atom stereocenters. The van der Waals surface area contributed by atoms with Crippen molar-refractivity contribution in [1.29, 1.82) is 0 Å². The van der Waals surface area contributed by atoms with Crippen molar-refractivity contribution >= 4 is 17.0 Å². The lowest BCUT2D eigenvalue weighted by Crippen LogP contribution is -2.14. The average molecular weight is 517 g/mol. The lowest BCUT2D eigenvalue weighted by atomic mass is 9.95. The Morgan fingerprint density at radius 3 is 2.36 bits per heavy atom. The fraction of sp³-hybridized carbons (Fsp3) is 0.235. The molecule has 1 aromatic heterocycles. The smallest absolute Gasteiger partial charge is 0.335 e. The fourth-order valence-electron chi connectivity index (χ4n) is 5.67. The van der Waals surface area contributed by atoms with E-state index in [1.54, 1.807) is 12.1 Å². The van der Waals surface area contributed by atoms with Gasteiger partial charge < -0.3 is 14.4 Å². The molecule has 5 heteroatoms. The summed E-state index contributed by atoms with van der Waals surface area (Å²) in [6.45, 7) is 2.57. The molecule has 39 heavy (non-hydrogen) atoms. The highest BCUT2D eigenvalue weighted by Gasteiger charge is 2.23. The number of hydrogen-bond donors (Lipinski definition) is 1. The second-order valence-corrected chi connectivity index (χ2v) is 10.4. The molecular weight excluding hydrogens is 484 g/mol. The van der Waals surface area contributed by atoms with Gasteiger partial charge in [-0.2, -0.15) is 0 Å². The van der Waals surface area contributed by atoms with Crippen LogP contribution in [0.4, 0.5) is 0 Å². The maximum Gasteiger partial charge on any atom is 0.335 e. The van der Waals surface area contributed by atoms with Gasteiger partial charge in [-0.15, -0.1) is 0 Å². The van der Waals surface area contributed by atoms with Crippen molar-refractivity contribution < 1.29 is 14.6 Å². The number of aryl methyl sites for hydroxylation is 1. The predicted molar refractivity (Wildman–Crippen MR) is 155 cm³/mol. The van der Waals surface area contributed by atoms with Crippen LogP contribution in [0.2, 0.25) is 0 Å². The van der Waals surface area contributed by atoms with Gasteiger partial charge in [-0.05, 0) is 78.9 Å². The normalized spacial score (nSPS) is 14.0. The number of ether oxygens (including phenoxy) is 1. The van der Waals surface area contributed by atoms with E-state index in [0.717, 1.165) is 46.6 Å². The molecule has 196 valence electrons. The molecule has 0 spiro atoms. The molecule has 0 unspecified atom stereocenters. The van der Waals surface area contributed by atoms with Gasteiger partial charge in [0.1, 0.15) is 18.2 Å². The number of aromatic carboxylic acids is 1. The summed E-state index contributed by atoms with van der Waals surface area (Å²) in [6, 6.07) is 30.7. The molecule has 1 fully saturated rings. The van der Waals surface area contributed by atoms with Gasteiger partial charge in [0.15, 0.2) is 0 Å². The van der Waals surface area contributed by atoms with Gasteiger partial charge in [0.05, 0.1) is 16.6 Å². The van der Waals surface area contributed by atoms with Gasteiger partial charge in [-0.1, -0.05) is 73.4 Å². The van der Waals surface area contributed by atoms with Gasteiger partial charge in [0.2, 0.25) is 0 Å². The number of carboxylic acid groups (broad SMARTS) is 1. The first-order valence-electron chi connectivity index (χ1n) is 13.7. The van der Waals surface area contributed by atoms with Crippen LogP contribution in [0.1, 0.15) is 59.6 Å². The molecule has 1 N–H and O–H groups in total. The zero-order valence-corrected chi connectivity index (χ0v) is 22.1. The van der Waals surface area contributed by atoms with E-state index in [4.69, 9.17) is 9.72 Å². The van der Waals surface area contributed by atoms with Crippen molar-refractivity contribution in [3.8, 4) is 28.3 Å². The summed E-state index contributed by atoms with van der Waals surface area (Å²) < 4.78 is 8.55. The molecule has 0 saturated heterocycles. The molecule has 1 aliphatic carbocycles. The monoisotopic (exact) mass is 516 g/mol. The fourth-order valence-corrected chi connectivity index (χ4v) is 5.67. The topological polar surface area (TPSA) is 64.3 Å². The van der Waals surface area contributed by atoms with Crippen LogP contribution < -0.4 is 4.74 Å². The number of carboxylic acids is 1. The predicted octanol–water partition coefficient (Wildman–Crippen LogP) is 8.46. The Hall–Kier alpha value is -4.38. The van der Waals surface area contributed by atoms with Gasteiger partial charge >= 0.3 is 5.97 Å². The van der Waals surface area contributed by atoms with Crippen LogP contribution in [0, 0.1) is 6.92 Å². The number of carbonyl (C=O) groups is 1. The van der Waals surface area contributed by atoms with Gasteiger partial charge in [-0.3, -0.25) is 0 Å². The number of benzene rings is 4. The molecule has 5 nitrogen and oxygen atoms in total. The quantitative estimate of drug-likeness (QED) is 0.236. The summed E-state index contributed by atoms with van der Waals surface area (Å²) in [4.78, 5) is 16.5. The summed E-state index contributed by atoms with van der Waals surface area (Å²) in [5.41, 5.74) is 7.72. The Bertz CT molecular complexity index is 1610. The van der Waals surface area contributed by atoms with Crippen LogP contribution in [0.3, 0.4) is 0 Å². The van der Waals surface area contributed by atoms with E-state index < -0.39 is 5.97 Å². The van der Waals surface area contributed by atoms with Crippen molar-refractivity contribution in [2.45, 2.75) is 51.7 Å². The second-order valence-electron chi connectivity index (χ2n) is 10.4. The van der Waals surface area contributed by atoms with Crippen molar-refractivity contribution in [3.05, 3.63) is 108 Å². The second kappa shape index (κ2) is 10.8. The number of rotatable bonds is 7. The molecule has 1 aliphatic rings. The molecule has 0 aliphatic heterocycles. The Kier molecular flexibility index (Phi) is 6.89. The molecule has 5 aromatic rings. The largest absolute Gasteiger partial charge is 0.489 e. The number of hydrogen-bond acceptors (Lipinski definition) is 3. The number of aromatic nitrogens is 2. The SMILES string of the molecule is Cc1ccc(-c2ccccc2COc2ccc(-c3nc4cc(C(=O)O)ccc4n3C3CCCCC3)cc2)cc1. The highest BCUT2D eigenvalue weighted by atomic mass is 16.5. The molecule has 6 rings (SSSR count). The standard InChI is InChI=1S/C34H32N2O3/c1-23-11-13-24(14-12-23)30-10-6-5-7-27(30)22-39-29-18-15-25(16-19-29)33-35-31-21-26(34(37)38)17-20-32(31)36(33)28-8-3-2-4-9-28/h5-7,10-21,28H,2-4,8-9,22H2,1H3,(H,37,38). The summed E-state index contributed by atoms with van der Waals surface area (Å²) in [7, 11) is 0. The first-order chi connectivity index (χ1) is 19.1. The Morgan fingerprint density at radius 2 is 1.62 bits per heavy atom. The van der Waals surface area contributed by atoms with Crippen LogP contribution in [0.25, 0.3) is 33.5 Å². The van der Waals surface area contributed by atoms with E-state index in [-0.39, 0.29) is 5.56 Å². The van der Waals surface area contributed by atoms with Crippen LogP contribution in [-0.4, -0.2) is 20.6 Å². The van der Waals surface area contributed by atoms with E-state index in [1.807, 2.05) is 24.3 Å². The van der Waals surface area contributed by atoms with Gasteiger partial charge in [-0.25, -0.2) is 9.78 Å². The lowest BCUT2D eigenvalue weighted by molar-refractivity contribution is 0.0697. The Labute approximate surface area is 228 Å². The highest BCUT2D eigenvalue weighted by molar-refractivity contribution is 5.93. The molecule has 0 radical (unpaired) electrons. The number of imidazole rings is 1. The minimum Gasteiger partial charge on any atom is -0.489 e. The van der Waals surface area contributed by atoms with E-state index in [1.165, 1.54) is 36.0 Å². The van der Waals surface area contributed by atoms with Gasteiger partial charge in [0, 0.05) is 11.6 Å². The Morgan fingerprint density at radius 1 is 0.897 bits per heavy atom. The van der Waals surface area contributed by atoms with E-state index in [9.17, 15) is 9.90 Å². The van der Waals surface area contributed by atoms with Crippen LogP contribution in [0.15, 0.2) is 91.0 Å². The van der Waals surface area contributed by atoms with Gasteiger partial charge in [0.25, 0.3) is 0 Å². The lowest BCUT2D eigenvalue weighted by Gasteiger charge is -2.25. The molecule has 1 saturated carbocycles. The third kappa shape index (κ3) is 5.17.